The molecule has 3 heteroatoms. The minimum Gasteiger partial charge on any atom is -0.457 e. The number of unbranched alkanes of at least 4 members (excludes halogenated alkanes) is 7. The summed E-state index contributed by atoms with van der Waals surface area (Å²) < 4.78 is 11.6. The average molecular weight is 422 g/mol. The maximum Gasteiger partial charge on any atom is 0.127 e. The minimum absolute atomic E-state index is 0.613. The highest BCUT2D eigenvalue weighted by atomic mass is 16.5. The topological polar surface area (TPSA) is 30.5 Å². The Balaban J connectivity index is 1.14. The molecular formula is C28H39NO2. The van der Waals surface area contributed by atoms with Gasteiger partial charge in [0.2, 0.25) is 0 Å². The van der Waals surface area contributed by atoms with E-state index in [-0.39, 0.29) is 0 Å². The number of hydrogen-bond donors (Lipinski definition) is 1. The molecule has 1 aliphatic rings. The summed E-state index contributed by atoms with van der Waals surface area (Å²) in [7, 11) is 0. The van der Waals surface area contributed by atoms with Gasteiger partial charge in [-0.05, 0) is 68.5 Å². The highest BCUT2D eigenvalue weighted by Gasteiger charge is 2.13. The van der Waals surface area contributed by atoms with E-state index in [1.807, 2.05) is 42.5 Å². The van der Waals surface area contributed by atoms with E-state index in [4.69, 9.17) is 9.47 Å². The summed E-state index contributed by atoms with van der Waals surface area (Å²) >= 11 is 0. The van der Waals surface area contributed by atoms with Gasteiger partial charge >= 0.3 is 0 Å². The zero-order valence-electron chi connectivity index (χ0n) is 18.9. The molecular weight excluding hydrogens is 382 g/mol. The molecule has 1 fully saturated rings. The van der Waals surface area contributed by atoms with Gasteiger partial charge in [0.15, 0.2) is 0 Å². The standard InChI is InChI=1S/C28H39NO2/c1(3-5-7-12-23-30-24-26-15-13-22-29-26)2-4-6-9-14-25-18-20-28(21-19-25)31-27-16-10-8-11-17-27/h8-11,14,16-21,26,29H,1-7,12-13,15,22-24H2/b14-9+/t26-/m0/s1. The van der Waals surface area contributed by atoms with Crippen molar-refractivity contribution < 1.29 is 9.47 Å². The summed E-state index contributed by atoms with van der Waals surface area (Å²) in [5.41, 5.74) is 1.23. The van der Waals surface area contributed by atoms with Crippen LogP contribution in [-0.2, 0) is 4.74 Å². The molecule has 0 radical (unpaired) electrons. The van der Waals surface area contributed by atoms with Gasteiger partial charge in [0.1, 0.15) is 11.5 Å². The van der Waals surface area contributed by atoms with E-state index >= 15 is 0 Å². The van der Waals surface area contributed by atoms with E-state index in [2.05, 4.69) is 29.6 Å². The fraction of sp³-hybridized carbons (Fsp3) is 0.500. The largest absolute Gasteiger partial charge is 0.457 e. The molecule has 1 heterocycles. The molecule has 0 unspecified atom stereocenters. The van der Waals surface area contributed by atoms with Crippen molar-refractivity contribution in [3.63, 3.8) is 0 Å². The smallest absolute Gasteiger partial charge is 0.127 e. The quantitative estimate of drug-likeness (QED) is 0.304. The van der Waals surface area contributed by atoms with E-state index in [1.54, 1.807) is 0 Å². The van der Waals surface area contributed by atoms with Crippen LogP contribution < -0.4 is 10.1 Å². The van der Waals surface area contributed by atoms with Crippen LogP contribution in [0.2, 0.25) is 0 Å². The molecule has 1 aliphatic heterocycles. The van der Waals surface area contributed by atoms with Crippen molar-refractivity contribution in [3.05, 3.63) is 66.2 Å². The van der Waals surface area contributed by atoms with Crippen LogP contribution in [0, 0.1) is 0 Å². The highest BCUT2D eigenvalue weighted by molar-refractivity contribution is 5.50. The second-order valence-corrected chi connectivity index (χ2v) is 8.52. The summed E-state index contributed by atoms with van der Waals surface area (Å²) in [6.45, 7) is 3.00. The molecule has 3 rings (SSSR count). The predicted molar refractivity (Wildman–Crippen MR) is 131 cm³/mol. The molecule has 3 nitrogen and oxygen atoms in total. The van der Waals surface area contributed by atoms with Gasteiger partial charge in [-0.1, -0.05) is 74.6 Å². The van der Waals surface area contributed by atoms with Crippen LogP contribution in [0.1, 0.15) is 69.8 Å². The summed E-state index contributed by atoms with van der Waals surface area (Å²) in [5.74, 6) is 1.75. The van der Waals surface area contributed by atoms with E-state index in [0.29, 0.717) is 6.04 Å². The Labute approximate surface area is 188 Å². The lowest BCUT2D eigenvalue weighted by molar-refractivity contribution is 0.112. The van der Waals surface area contributed by atoms with Crippen LogP contribution in [0.25, 0.3) is 6.08 Å². The zero-order chi connectivity index (χ0) is 21.4. The van der Waals surface area contributed by atoms with Crippen molar-refractivity contribution in [1.29, 1.82) is 0 Å². The second kappa shape index (κ2) is 14.8. The third-order valence-corrected chi connectivity index (χ3v) is 5.81. The number of allylic oxidation sites excluding steroid dienone is 1. The first-order valence-corrected chi connectivity index (χ1v) is 12.2. The van der Waals surface area contributed by atoms with Crippen LogP contribution in [0.5, 0.6) is 11.5 Å². The summed E-state index contributed by atoms with van der Waals surface area (Å²) in [6, 6.07) is 18.8. The fourth-order valence-corrected chi connectivity index (χ4v) is 3.97. The number of nitrogens with one attached hydrogen (secondary N) is 1. The zero-order valence-corrected chi connectivity index (χ0v) is 18.9. The molecule has 0 aromatic heterocycles. The molecule has 0 saturated carbocycles. The maximum absolute atomic E-state index is 5.84. The monoisotopic (exact) mass is 421 g/mol. The summed E-state index contributed by atoms with van der Waals surface area (Å²) in [4.78, 5) is 0. The van der Waals surface area contributed by atoms with Gasteiger partial charge in [-0.2, -0.15) is 0 Å². The molecule has 1 atom stereocenters. The predicted octanol–water partition coefficient (Wildman–Crippen LogP) is 7.38. The molecule has 1 saturated heterocycles. The van der Waals surface area contributed by atoms with Gasteiger partial charge in [-0.25, -0.2) is 0 Å². The first-order chi connectivity index (χ1) is 15.4. The maximum atomic E-state index is 5.84. The highest BCUT2D eigenvalue weighted by Crippen LogP contribution is 2.21. The summed E-state index contributed by atoms with van der Waals surface area (Å²) in [5, 5.41) is 3.48. The van der Waals surface area contributed by atoms with E-state index < -0.39 is 0 Å². The summed E-state index contributed by atoms with van der Waals surface area (Å²) in [6.07, 6.45) is 17.4. The number of benzene rings is 2. The molecule has 31 heavy (non-hydrogen) atoms. The van der Waals surface area contributed by atoms with Gasteiger partial charge in [-0.3, -0.25) is 0 Å². The molecule has 168 valence electrons. The van der Waals surface area contributed by atoms with Crippen molar-refractivity contribution >= 4 is 6.08 Å². The first-order valence-electron chi connectivity index (χ1n) is 12.2. The Morgan fingerprint density at radius 3 is 2.26 bits per heavy atom. The molecule has 0 spiro atoms. The average Bonchev–Trinajstić information content (AvgIpc) is 3.32. The molecule has 2 aromatic carbocycles. The van der Waals surface area contributed by atoms with E-state index in [1.165, 1.54) is 69.9 Å². The number of hydrogen-bond acceptors (Lipinski definition) is 3. The van der Waals surface area contributed by atoms with Crippen molar-refractivity contribution in [2.75, 3.05) is 19.8 Å². The van der Waals surface area contributed by atoms with Crippen molar-refractivity contribution in [2.24, 2.45) is 0 Å². The Morgan fingerprint density at radius 1 is 0.806 bits per heavy atom. The van der Waals surface area contributed by atoms with Crippen LogP contribution in [0.4, 0.5) is 0 Å². The second-order valence-electron chi connectivity index (χ2n) is 8.52. The van der Waals surface area contributed by atoms with Gasteiger partial charge < -0.3 is 14.8 Å². The molecule has 0 amide bonds. The molecule has 1 N–H and O–H groups in total. The third-order valence-electron chi connectivity index (χ3n) is 5.81. The lowest BCUT2D eigenvalue weighted by Crippen LogP contribution is -2.26. The SMILES string of the molecule is C(=C\c1ccc(Oc2ccccc2)cc1)/CCCCCCCCCOC[C@@H]1CCCN1. The lowest BCUT2D eigenvalue weighted by atomic mass is 10.1. The van der Waals surface area contributed by atoms with Crippen molar-refractivity contribution in [3.8, 4) is 11.5 Å². The van der Waals surface area contributed by atoms with Gasteiger partial charge in [0.05, 0.1) is 6.61 Å². The van der Waals surface area contributed by atoms with E-state index in [9.17, 15) is 0 Å². The van der Waals surface area contributed by atoms with Gasteiger partial charge in [-0.15, -0.1) is 0 Å². The van der Waals surface area contributed by atoms with Gasteiger partial charge in [0, 0.05) is 12.6 Å². The lowest BCUT2D eigenvalue weighted by Gasteiger charge is -2.10. The van der Waals surface area contributed by atoms with Crippen molar-refractivity contribution in [2.45, 2.75) is 70.3 Å². The van der Waals surface area contributed by atoms with E-state index in [0.717, 1.165) is 31.1 Å². The van der Waals surface area contributed by atoms with Crippen LogP contribution in [0.3, 0.4) is 0 Å². The Morgan fingerprint density at radius 2 is 1.52 bits per heavy atom. The van der Waals surface area contributed by atoms with Gasteiger partial charge in [0.25, 0.3) is 0 Å². The molecule has 2 aromatic rings. The van der Waals surface area contributed by atoms with Crippen molar-refractivity contribution in [1.82, 2.24) is 5.32 Å². The number of ether oxygens (including phenoxy) is 2. The van der Waals surface area contributed by atoms with Crippen LogP contribution >= 0.6 is 0 Å². The van der Waals surface area contributed by atoms with Crippen LogP contribution in [-0.4, -0.2) is 25.8 Å². The Hall–Kier alpha value is -2.10. The first kappa shape index (κ1) is 23.6. The fourth-order valence-electron chi connectivity index (χ4n) is 3.97. The number of para-hydroxylation sites is 1. The minimum atomic E-state index is 0.613. The Kier molecular flexibility index (Phi) is 11.3. The number of rotatable bonds is 15. The molecule has 0 aliphatic carbocycles. The van der Waals surface area contributed by atoms with Crippen LogP contribution in [0.15, 0.2) is 60.7 Å². The Bertz CT molecular complexity index is 720. The normalized spacial score (nSPS) is 16.2. The molecule has 0 bridgehead atoms. The third kappa shape index (κ3) is 10.2.